The highest BCUT2D eigenvalue weighted by Gasteiger charge is 2.37. The minimum Gasteiger partial charge on any atom is -0.444 e. The summed E-state index contributed by atoms with van der Waals surface area (Å²) in [5.74, 6) is 0.101. The molecule has 0 saturated carbocycles. The van der Waals surface area contributed by atoms with Crippen LogP contribution in [0.15, 0.2) is 42.5 Å². The molecule has 0 bridgehead atoms. The number of aryl methyl sites for hydroxylation is 2. The van der Waals surface area contributed by atoms with Gasteiger partial charge in [-0.2, -0.15) is 11.8 Å². The van der Waals surface area contributed by atoms with Crippen LogP contribution in [0.5, 0.6) is 0 Å². The maximum absolute atomic E-state index is 14.4. The van der Waals surface area contributed by atoms with E-state index in [0.29, 0.717) is 24.4 Å². The Hall–Kier alpha value is -3.00. The largest absolute Gasteiger partial charge is 0.444 e. The van der Waals surface area contributed by atoms with Crippen molar-refractivity contribution in [3.05, 3.63) is 64.7 Å². The number of unbranched alkanes of at least 4 members (excludes halogenated alkanes) is 3. The van der Waals surface area contributed by atoms with E-state index < -0.39 is 23.8 Å². The first-order chi connectivity index (χ1) is 19.4. The summed E-state index contributed by atoms with van der Waals surface area (Å²) >= 11 is 1.60. The van der Waals surface area contributed by atoms with E-state index in [-0.39, 0.29) is 11.8 Å². The van der Waals surface area contributed by atoms with Gasteiger partial charge in [-0.25, -0.2) is 4.79 Å². The lowest BCUT2D eigenvalue weighted by molar-refractivity contribution is -0.141. The van der Waals surface area contributed by atoms with Crippen molar-refractivity contribution in [3.63, 3.8) is 0 Å². The third kappa shape index (κ3) is 10.7. The molecular weight excluding hydrogens is 534 g/mol. The quantitative estimate of drug-likeness (QED) is 0.227. The van der Waals surface area contributed by atoms with Crippen molar-refractivity contribution in [2.75, 3.05) is 23.9 Å². The topological polar surface area (TPSA) is 87.7 Å². The Labute approximate surface area is 251 Å². The molecule has 2 aromatic rings. The molecule has 0 radical (unpaired) electrons. The van der Waals surface area contributed by atoms with Crippen LogP contribution in [0.4, 0.5) is 10.5 Å². The molecule has 0 aliphatic rings. The summed E-state index contributed by atoms with van der Waals surface area (Å²) in [7, 11) is 0. The summed E-state index contributed by atoms with van der Waals surface area (Å²) in [4.78, 5) is 43.1. The number of carbonyl (C=O) groups is 3. The summed E-state index contributed by atoms with van der Waals surface area (Å²) in [6.07, 6.45) is 5.52. The van der Waals surface area contributed by atoms with Crippen molar-refractivity contribution in [3.8, 4) is 0 Å². The fraction of sp³-hybridized carbons (Fsp3) is 0.545. The highest BCUT2D eigenvalue weighted by Crippen LogP contribution is 2.30. The standard InChI is InChI=1S/C33H49N3O4S/c1-9-10-11-14-21-36(31(38)28(20-22-41-8)35-32(39)40-33(5,6)7)29(26-18-15-17-23(2)25(26)4)30(37)34-27-19-13-12-16-24(27)3/h12-13,15-19,28-29H,9-11,14,20-22H2,1-8H3,(H,34,37)(H,35,39). The Morgan fingerprint density at radius 3 is 2.27 bits per heavy atom. The molecule has 41 heavy (non-hydrogen) atoms. The van der Waals surface area contributed by atoms with Crippen LogP contribution >= 0.6 is 11.8 Å². The molecule has 2 atom stereocenters. The number of hydrogen-bond acceptors (Lipinski definition) is 5. The van der Waals surface area contributed by atoms with Crippen LogP contribution in [0.2, 0.25) is 0 Å². The average Bonchev–Trinajstić information content (AvgIpc) is 2.90. The fourth-order valence-electron chi connectivity index (χ4n) is 4.65. The number of rotatable bonds is 14. The minimum atomic E-state index is -0.874. The highest BCUT2D eigenvalue weighted by atomic mass is 32.2. The SMILES string of the molecule is CCCCCCN(C(=O)C(CCSC)NC(=O)OC(C)(C)C)C(C(=O)Nc1ccccc1C)c1cccc(C)c1C. The number of thioether (sulfide) groups is 1. The predicted octanol–water partition coefficient (Wildman–Crippen LogP) is 7.35. The number of nitrogens with zero attached hydrogens (tertiary/aromatic N) is 1. The zero-order valence-electron chi connectivity index (χ0n) is 26.1. The van der Waals surface area contributed by atoms with Gasteiger partial charge >= 0.3 is 6.09 Å². The van der Waals surface area contributed by atoms with Gasteiger partial charge in [-0.15, -0.1) is 0 Å². The second-order valence-corrected chi connectivity index (χ2v) is 12.6. The summed E-state index contributed by atoms with van der Waals surface area (Å²) in [5.41, 5.74) is 3.72. The van der Waals surface area contributed by atoms with Gasteiger partial charge in [0.15, 0.2) is 0 Å². The fourth-order valence-corrected chi connectivity index (χ4v) is 5.12. The van der Waals surface area contributed by atoms with Crippen molar-refractivity contribution in [2.24, 2.45) is 0 Å². The first-order valence-corrected chi connectivity index (χ1v) is 16.0. The number of para-hydroxylation sites is 1. The van der Waals surface area contributed by atoms with Crippen molar-refractivity contribution >= 4 is 35.4 Å². The minimum absolute atomic E-state index is 0.280. The van der Waals surface area contributed by atoms with Crippen molar-refractivity contribution in [2.45, 2.75) is 98.3 Å². The summed E-state index contributed by atoms with van der Waals surface area (Å²) in [6.45, 7) is 13.8. The maximum Gasteiger partial charge on any atom is 0.408 e. The highest BCUT2D eigenvalue weighted by molar-refractivity contribution is 7.98. The van der Waals surface area contributed by atoms with Gasteiger partial charge in [-0.1, -0.05) is 62.6 Å². The molecule has 0 aromatic heterocycles. The Balaban J connectivity index is 2.59. The Kier molecular flexibility index (Phi) is 13.7. The predicted molar refractivity (Wildman–Crippen MR) is 170 cm³/mol. The Bertz CT molecular complexity index is 1160. The smallest absolute Gasteiger partial charge is 0.408 e. The molecule has 7 nitrogen and oxygen atoms in total. The lowest BCUT2D eigenvalue weighted by atomic mass is 9.94. The molecule has 0 spiro atoms. The van der Waals surface area contributed by atoms with Crippen LogP contribution in [-0.2, 0) is 14.3 Å². The number of carbonyl (C=O) groups excluding carboxylic acids is 3. The van der Waals surface area contributed by atoms with E-state index in [9.17, 15) is 14.4 Å². The molecule has 0 aliphatic heterocycles. The Morgan fingerprint density at radius 2 is 1.63 bits per heavy atom. The van der Waals surface area contributed by atoms with Crippen LogP contribution < -0.4 is 10.6 Å². The van der Waals surface area contributed by atoms with Gasteiger partial charge in [-0.05, 0) is 94.7 Å². The third-order valence-corrected chi connectivity index (χ3v) is 7.68. The lowest BCUT2D eigenvalue weighted by Crippen LogP contribution is -2.53. The molecule has 0 saturated heterocycles. The Morgan fingerprint density at radius 1 is 0.951 bits per heavy atom. The molecule has 3 amide bonds. The van der Waals surface area contributed by atoms with Crippen LogP contribution in [0.1, 0.15) is 88.1 Å². The van der Waals surface area contributed by atoms with Crippen molar-refractivity contribution in [1.82, 2.24) is 10.2 Å². The molecular formula is C33H49N3O4S. The summed E-state index contributed by atoms with van der Waals surface area (Å²) < 4.78 is 5.50. The van der Waals surface area contributed by atoms with Gasteiger partial charge in [0, 0.05) is 12.2 Å². The average molecular weight is 584 g/mol. The lowest BCUT2D eigenvalue weighted by Gasteiger charge is -2.35. The van der Waals surface area contributed by atoms with Gasteiger partial charge < -0.3 is 20.3 Å². The van der Waals surface area contributed by atoms with Gasteiger partial charge in [0.1, 0.15) is 17.7 Å². The first kappa shape index (κ1) is 34.2. The zero-order valence-corrected chi connectivity index (χ0v) is 27.0. The second-order valence-electron chi connectivity index (χ2n) is 11.6. The van der Waals surface area contributed by atoms with Gasteiger partial charge in [0.05, 0.1) is 0 Å². The first-order valence-electron chi connectivity index (χ1n) is 14.6. The van der Waals surface area contributed by atoms with Crippen molar-refractivity contribution < 1.29 is 19.1 Å². The van der Waals surface area contributed by atoms with E-state index in [2.05, 4.69) is 17.6 Å². The van der Waals surface area contributed by atoms with E-state index >= 15 is 0 Å². The molecule has 2 rings (SSSR count). The number of ether oxygens (including phenoxy) is 1. The number of nitrogens with one attached hydrogen (secondary N) is 2. The van der Waals surface area contributed by atoms with Crippen LogP contribution in [0.25, 0.3) is 0 Å². The number of anilines is 1. The van der Waals surface area contributed by atoms with E-state index in [1.165, 1.54) is 0 Å². The molecule has 2 unspecified atom stereocenters. The molecule has 2 N–H and O–H groups in total. The van der Waals surface area contributed by atoms with E-state index in [1.54, 1.807) is 37.4 Å². The molecule has 0 aliphatic carbocycles. The van der Waals surface area contributed by atoms with Gasteiger partial charge in [-0.3, -0.25) is 9.59 Å². The van der Waals surface area contributed by atoms with Crippen LogP contribution in [0.3, 0.4) is 0 Å². The number of benzene rings is 2. The molecule has 0 heterocycles. The second kappa shape index (κ2) is 16.4. The van der Waals surface area contributed by atoms with E-state index in [4.69, 9.17) is 4.74 Å². The van der Waals surface area contributed by atoms with Crippen molar-refractivity contribution in [1.29, 1.82) is 0 Å². The zero-order chi connectivity index (χ0) is 30.6. The normalized spacial score (nSPS) is 12.8. The third-order valence-electron chi connectivity index (χ3n) is 7.04. The number of hydrogen-bond donors (Lipinski definition) is 2. The van der Waals surface area contributed by atoms with Gasteiger partial charge in [0.25, 0.3) is 5.91 Å². The van der Waals surface area contributed by atoms with Crippen LogP contribution in [-0.4, -0.2) is 53.0 Å². The van der Waals surface area contributed by atoms with Gasteiger partial charge in [0.2, 0.25) is 5.91 Å². The summed E-state index contributed by atoms with van der Waals surface area (Å²) in [6, 6.07) is 11.8. The molecule has 8 heteroatoms. The van der Waals surface area contributed by atoms with E-state index in [0.717, 1.165) is 47.9 Å². The molecule has 226 valence electrons. The number of alkyl carbamates (subject to hydrolysis) is 1. The summed E-state index contributed by atoms with van der Waals surface area (Å²) in [5, 5.41) is 5.92. The maximum atomic E-state index is 14.4. The van der Waals surface area contributed by atoms with Crippen LogP contribution in [0, 0.1) is 20.8 Å². The number of amides is 3. The molecule has 2 aromatic carbocycles. The molecule has 0 fully saturated rings. The monoisotopic (exact) mass is 583 g/mol. The van der Waals surface area contributed by atoms with E-state index in [1.807, 2.05) is 69.5 Å².